The Labute approximate surface area is 104 Å². The molecule has 0 aromatic heterocycles. The highest BCUT2D eigenvalue weighted by atomic mass is 79.9. The molecule has 1 aromatic carbocycles. The van der Waals surface area contributed by atoms with Crippen LogP contribution in [0.2, 0.25) is 0 Å². The molecule has 3 nitrogen and oxygen atoms in total. The van der Waals surface area contributed by atoms with Crippen LogP contribution in [0.3, 0.4) is 0 Å². The average molecular weight is 287 g/mol. The van der Waals surface area contributed by atoms with Gasteiger partial charge in [0, 0.05) is 0 Å². The second-order valence-electron chi connectivity index (χ2n) is 3.93. The summed E-state index contributed by atoms with van der Waals surface area (Å²) in [6, 6.07) is 5.64. The largest absolute Gasteiger partial charge is 0.493 e. The van der Waals surface area contributed by atoms with Gasteiger partial charge in [-0.1, -0.05) is 6.07 Å². The molecule has 0 bridgehead atoms. The predicted octanol–water partition coefficient (Wildman–Crippen LogP) is 2.75. The van der Waals surface area contributed by atoms with Gasteiger partial charge in [0.25, 0.3) is 0 Å². The second kappa shape index (κ2) is 5.06. The van der Waals surface area contributed by atoms with Crippen molar-refractivity contribution in [1.29, 1.82) is 0 Å². The number of aliphatic hydroxyl groups is 1. The monoisotopic (exact) mass is 286 g/mol. The van der Waals surface area contributed by atoms with Gasteiger partial charge in [0.2, 0.25) is 0 Å². The molecular weight excluding hydrogens is 272 g/mol. The van der Waals surface area contributed by atoms with E-state index in [1.807, 2.05) is 18.2 Å². The minimum absolute atomic E-state index is 0.118. The molecule has 2 rings (SSSR count). The highest BCUT2D eigenvalue weighted by Crippen LogP contribution is 2.37. The van der Waals surface area contributed by atoms with Gasteiger partial charge >= 0.3 is 0 Å². The van der Waals surface area contributed by atoms with E-state index in [1.165, 1.54) is 0 Å². The van der Waals surface area contributed by atoms with Crippen molar-refractivity contribution in [2.24, 2.45) is 0 Å². The number of halogens is 1. The van der Waals surface area contributed by atoms with Gasteiger partial charge in [0.1, 0.15) is 6.10 Å². The van der Waals surface area contributed by atoms with Gasteiger partial charge in [-0.3, -0.25) is 0 Å². The zero-order valence-corrected chi connectivity index (χ0v) is 10.7. The fourth-order valence-electron chi connectivity index (χ4n) is 1.96. The molecule has 2 atom stereocenters. The standard InChI is InChI=1S/C12H15BrO3/c1-15-11-7-2-4-8(13)12(11)16-10-6-3-5-9(10)14/h2,4,7,9-10,14H,3,5-6H2,1H3/t9-,10-/m0/s1. The molecule has 1 fully saturated rings. The minimum atomic E-state index is -0.364. The molecule has 1 N–H and O–H groups in total. The molecule has 0 spiro atoms. The summed E-state index contributed by atoms with van der Waals surface area (Å²) in [7, 11) is 1.61. The fourth-order valence-corrected chi connectivity index (χ4v) is 2.40. The summed E-state index contributed by atoms with van der Waals surface area (Å²) in [5.41, 5.74) is 0. The maximum atomic E-state index is 9.72. The Kier molecular flexibility index (Phi) is 3.71. The van der Waals surface area contributed by atoms with Crippen molar-refractivity contribution in [3.8, 4) is 11.5 Å². The van der Waals surface area contributed by atoms with Crippen LogP contribution in [0.1, 0.15) is 19.3 Å². The van der Waals surface area contributed by atoms with Gasteiger partial charge in [-0.25, -0.2) is 0 Å². The Balaban J connectivity index is 2.19. The highest BCUT2D eigenvalue weighted by Gasteiger charge is 2.28. The lowest BCUT2D eigenvalue weighted by molar-refractivity contribution is 0.0581. The van der Waals surface area contributed by atoms with Crippen molar-refractivity contribution in [2.45, 2.75) is 31.5 Å². The van der Waals surface area contributed by atoms with E-state index in [2.05, 4.69) is 15.9 Å². The second-order valence-corrected chi connectivity index (χ2v) is 4.78. The molecular formula is C12H15BrO3. The van der Waals surface area contributed by atoms with E-state index < -0.39 is 0 Å². The maximum Gasteiger partial charge on any atom is 0.175 e. The van der Waals surface area contributed by atoms with E-state index in [1.54, 1.807) is 7.11 Å². The van der Waals surface area contributed by atoms with Gasteiger partial charge in [-0.05, 0) is 47.3 Å². The molecule has 0 saturated heterocycles. The Bertz CT molecular complexity index is 367. The van der Waals surface area contributed by atoms with E-state index in [0.29, 0.717) is 11.5 Å². The molecule has 4 heteroatoms. The summed E-state index contributed by atoms with van der Waals surface area (Å²) in [6.07, 6.45) is 2.24. The first-order chi connectivity index (χ1) is 7.72. The SMILES string of the molecule is COc1cccc(Br)c1O[C@H]1CCC[C@@H]1O. The van der Waals surface area contributed by atoms with Crippen molar-refractivity contribution in [1.82, 2.24) is 0 Å². The fraction of sp³-hybridized carbons (Fsp3) is 0.500. The van der Waals surface area contributed by atoms with Gasteiger partial charge < -0.3 is 14.6 Å². The highest BCUT2D eigenvalue weighted by molar-refractivity contribution is 9.10. The molecule has 0 unspecified atom stereocenters. The summed E-state index contributed by atoms with van der Waals surface area (Å²) in [4.78, 5) is 0. The molecule has 1 aliphatic rings. The first-order valence-electron chi connectivity index (χ1n) is 5.39. The van der Waals surface area contributed by atoms with Crippen LogP contribution in [0.15, 0.2) is 22.7 Å². The molecule has 16 heavy (non-hydrogen) atoms. The van der Waals surface area contributed by atoms with Crippen molar-refractivity contribution in [3.05, 3.63) is 22.7 Å². The Morgan fingerprint density at radius 1 is 1.38 bits per heavy atom. The molecule has 0 aliphatic heterocycles. The lowest BCUT2D eigenvalue weighted by Gasteiger charge is -2.19. The third kappa shape index (κ3) is 2.33. The van der Waals surface area contributed by atoms with Crippen molar-refractivity contribution in [3.63, 3.8) is 0 Å². The normalized spacial score (nSPS) is 24.4. The van der Waals surface area contributed by atoms with Crippen molar-refractivity contribution in [2.75, 3.05) is 7.11 Å². The number of methoxy groups -OCH3 is 1. The smallest absolute Gasteiger partial charge is 0.175 e. The zero-order chi connectivity index (χ0) is 11.5. The molecule has 0 heterocycles. The third-order valence-electron chi connectivity index (χ3n) is 2.84. The summed E-state index contributed by atoms with van der Waals surface area (Å²) < 4.78 is 11.9. The Hall–Kier alpha value is -0.740. The predicted molar refractivity (Wildman–Crippen MR) is 65.0 cm³/mol. The number of benzene rings is 1. The summed E-state index contributed by atoms with van der Waals surface area (Å²) in [5.74, 6) is 1.37. The zero-order valence-electron chi connectivity index (χ0n) is 9.15. The number of hydrogen-bond donors (Lipinski definition) is 1. The number of hydrogen-bond acceptors (Lipinski definition) is 3. The Morgan fingerprint density at radius 3 is 2.81 bits per heavy atom. The van der Waals surface area contributed by atoms with Gasteiger partial charge in [0.05, 0.1) is 17.7 Å². The molecule has 1 saturated carbocycles. The summed E-state index contributed by atoms with van der Waals surface area (Å²) in [6.45, 7) is 0. The lowest BCUT2D eigenvalue weighted by atomic mass is 10.2. The van der Waals surface area contributed by atoms with E-state index >= 15 is 0 Å². The van der Waals surface area contributed by atoms with Crippen LogP contribution in [0.5, 0.6) is 11.5 Å². The maximum absolute atomic E-state index is 9.72. The minimum Gasteiger partial charge on any atom is -0.493 e. The van der Waals surface area contributed by atoms with Crippen LogP contribution in [0.25, 0.3) is 0 Å². The van der Waals surface area contributed by atoms with E-state index in [0.717, 1.165) is 23.7 Å². The molecule has 0 amide bonds. The van der Waals surface area contributed by atoms with Crippen LogP contribution < -0.4 is 9.47 Å². The van der Waals surface area contributed by atoms with Crippen LogP contribution >= 0.6 is 15.9 Å². The number of rotatable bonds is 3. The summed E-state index contributed by atoms with van der Waals surface area (Å²) >= 11 is 3.43. The topological polar surface area (TPSA) is 38.7 Å². The van der Waals surface area contributed by atoms with Crippen LogP contribution in [-0.2, 0) is 0 Å². The quantitative estimate of drug-likeness (QED) is 0.929. The van der Waals surface area contributed by atoms with Gasteiger partial charge in [-0.2, -0.15) is 0 Å². The van der Waals surface area contributed by atoms with Crippen LogP contribution in [0.4, 0.5) is 0 Å². The lowest BCUT2D eigenvalue weighted by Crippen LogP contribution is -2.25. The molecule has 0 radical (unpaired) electrons. The first-order valence-corrected chi connectivity index (χ1v) is 6.19. The van der Waals surface area contributed by atoms with E-state index in [-0.39, 0.29) is 12.2 Å². The van der Waals surface area contributed by atoms with E-state index in [4.69, 9.17) is 9.47 Å². The number of para-hydroxylation sites is 1. The Morgan fingerprint density at radius 2 is 2.19 bits per heavy atom. The molecule has 1 aliphatic carbocycles. The summed E-state index contributed by atoms with van der Waals surface area (Å²) in [5, 5.41) is 9.72. The van der Waals surface area contributed by atoms with Gasteiger partial charge in [-0.15, -0.1) is 0 Å². The van der Waals surface area contributed by atoms with Crippen molar-refractivity contribution < 1.29 is 14.6 Å². The van der Waals surface area contributed by atoms with Crippen LogP contribution in [-0.4, -0.2) is 24.4 Å². The first kappa shape index (κ1) is 11.7. The third-order valence-corrected chi connectivity index (χ3v) is 3.46. The van der Waals surface area contributed by atoms with Crippen molar-refractivity contribution >= 4 is 15.9 Å². The molecule has 88 valence electrons. The number of aliphatic hydroxyl groups excluding tert-OH is 1. The molecule has 1 aromatic rings. The van der Waals surface area contributed by atoms with Gasteiger partial charge in [0.15, 0.2) is 11.5 Å². The average Bonchev–Trinajstić information content (AvgIpc) is 2.67. The van der Waals surface area contributed by atoms with Crippen LogP contribution in [0, 0.1) is 0 Å². The number of ether oxygens (including phenoxy) is 2. The van der Waals surface area contributed by atoms with E-state index in [9.17, 15) is 5.11 Å².